The molecule has 31 heavy (non-hydrogen) atoms. The molecule has 1 aliphatic heterocycles. The van der Waals surface area contributed by atoms with Gasteiger partial charge in [-0.2, -0.15) is 4.31 Å². The number of rotatable bonds is 5. The number of carbonyl (C=O) groups excluding carboxylic acids is 1. The number of thiophene rings is 1. The molecule has 13 heteroatoms. The van der Waals surface area contributed by atoms with Crippen LogP contribution in [-0.4, -0.2) is 41.4 Å². The van der Waals surface area contributed by atoms with Crippen LogP contribution in [0.4, 0.5) is 6.01 Å². The van der Waals surface area contributed by atoms with E-state index in [-0.39, 0.29) is 22.7 Å². The molecule has 2 aromatic heterocycles. The molecule has 1 N–H and O–H groups in total. The third kappa shape index (κ3) is 4.74. The molecule has 1 saturated heterocycles. The average molecular weight is 522 g/mol. The first-order chi connectivity index (χ1) is 14.8. The van der Waals surface area contributed by atoms with Crippen LogP contribution in [0.2, 0.25) is 14.4 Å². The summed E-state index contributed by atoms with van der Waals surface area (Å²) in [5, 5.41) is 11.0. The molecule has 0 radical (unpaired) electrons. The third-order valence-electron chi connectivity index (χ3n) is 4.68. The fourth-order valence-electron chi connectivity index (χ4n) is 3.24. The highest BCUT2D eigenvalue weighted by atomic mass is 35.5. The number of carbonyl (C=O) groups is 1. The fourth-order valence-corrected chi connectivity index (χ4v) is 7.00. The van der Waals surface area contributed by atoms with Gasteiger partial charge < -0.3 is 4.42 Å². The Kier molecular flexibility index (Phi) is 6.57. The first kappa shape index (κ1) is 22.5. The maximum absolute atomic E-state index is 13.0. The van der Waals surface area contributed by atoms with Crippen molar-refractivity contribution in [3.63, 3.8) is 0 Å². The van der Waals surface area contributed by atoms with Crippen molar-refractivity contribution < 1.29 is 17.6 Å². The quantitative estimate of drug-likeness (QED) is 0.510. The highest BCUT2D eigenvalue weighted by Crippen LogP contribution is 2.33. The molecule has 1 aromatic carbocycles. The summed E-state index contributed by atoms with van der Waals surface area (Å²) < 4.78 is 33.2. The zero-order valence-electron chi connectivity index (χ0n) is 15.7. The zero-order valence-corrected chi connectivity index (χ0v) is 19.6. The number of nitrogens with zero attached hydrogens (tertiary/aromatic N) is 3. The Labute approximate surface area is 197 Å². The Morgan fingerprint density at radius 1 is 1.16 bits per heavy atom. The van der Waals surface area contributed by atoms with Gasteiger partial charge in [-0.25, -0.2) is 8.42 Å². The second kappa shape index (κ2) is 9.05. The predicted octanol–water partition coefficient (Wildman–Crippen LogP) is 4.94. The van der Waals surface area contributed by atoms with Gasteiger partial charge in [0.2, 0.25) is 5.91 Å². The lowest BCUT2D eigenvalue weighted by atomic mass is 10.0. The minimum Gasteiger partial charge on any atom is -0.403 e. The summed E-state index contributed by atoms with van der Waals surface area (Å²) in [6.07, 6.45) is 1.74. The van der Waals surface area contributed by atoms with Crippen molar-refractivity contribution in [3.8, 4) is 11.5 Å². The number of benzene rings is 1. The van der Waals surface area contributed by atoms with Crippen LogP contribution < -0.4 is 5.32 Å². The summed E-state index contributed by atoms with van der Waals surface area (Å²) >= 11 is 18.9. The van der Waals surface area contributed by atoms with Crippen molar-refractivity contribution in [2.75, 3.05) is 11.9 Å². The number of hydrogen-bond acceptors (Lipinski definition) is 7. The smallest absolute Gasteiger partial charge is 0.322 e. The normalized spacial score (nSPS) is 17.6. The zero-order chi connectivity index (χ0) is 22.2. The van der Waals surface area contributed by atoms with Gasteiger partial charge in [-0.15, -0.1) is 16.4 Å². The van der Waals surface area contributed by atoms with E-state index in [1.54, 1.807) is 12.1 Å². The van der Waals surface area contributed by atoms with E-state index in [9.17, 15) is 13.2 Å². The molecule has 1 fully saturated rings. The number of anilines is 1. The first-order valence-electron chi connectivity index (χ1n) is 9.12. The van der Waals surface area contributed by atoms with Crippen molar-refractivity contribution in [2.45, 2.75) is 29.5 Å². The summed E-state index contributed by atoms with van der Waals surface area (Å²) in [5.74, 6) is -0.457. The van der Waals surface area contributed by atoms with Crippen LogP contribution in [0.15, 0.2) is 39.0 Å². The molecule has 1 unspecified atom stereocenters. The Morgan fingerprint density at radius 2 is 1.97 bits per heavy atom. The van der Waals surface area contributed by atoms with E-state index < -0.39 is 22.0 Å². The summed E-state index contributed by atoms with van der Waals surface area (Å²) in [6, 6.07) is 6.65. The van der Waals surface area contributed by atoms with Crippen LogP contribution in [-0.2, 0) is 14.8 Å². The number of aromatic nitrogens is 2. The standard InChI is InChI=1S/C18H15Cl3N4O4S2/c19-10-4-5-11(12(20)9-10)17-23-24-18(29-17)22-16(26)13-3-1-2-8-25(13)31(27,28)15-7-6-14(21)30-15/h4-7,9,13H,1-3,8H2,(H,22,24,26). The lowest BCUT2D eigenvalue weighted by Gasteiger charge is -2.32. The fraction of sp³-hybridized carbons (Fsp3) is 0.278. The van der Waals surface area contributed by atoms with Gasteiger partial charge in [0.05, 0.1) is 14.9 Å². The molecule has 4 rings (SSSR count). The number of amides is 1. The topological polar surface area (TPSA) is 105 Å². The Hall–Kier alpha value is -1.69. The van der Waals surface area contributed by atoms with Gasteiger partial charge in [-0.3, -0.25) is 10.1 Å². The molecule has 0 bridgehead atoms. The lowest BCUT2D eigenvalue weighted by Crippen LogP contribution is -2.49. The van der Waals surface area contributed by atoms with E-state index in [0.717, 1.165) is 11.3 Å². The molecule has 1 atom stereocenters. The third-order valence-corrected chi connectivity index (χ3v) is 8.84. The van der Waals surface area contributed by atoms with E-state index >= 15 is 0 Å². The molecule has 3 aromatic rings. The maximum atomic E-state index is 13.0. The molecular formula is C18H15Cl3N4O4S2. The summed E-state index contributed by atoms with van der Waals surface area (Å²) in [6.45, 7) is 0.228. The number of nitrogens with one attached hydrogen (secondary N) is 1. The second-order valence-electron chi connectivity index (χ2n) is 6.71. The number of halogens is 3. The largest absolute Gasteiger partial charge is 0.403 e. The van der Waals surface area contributed by atoms with Crippen molar-refractivity contribution >= 4 is 68.1 Å². The maximum Gasteiger partial charge on any atom is 0.322 e. The molecule has 0 saturated carbocycles. The SMILES string of the molecule is O=C(Nc1nnc(-c2ccc(Cl)cc2Cl)o1)C1CCCCN1S(=O)(=O)c1ccc(Cl)s1. The first-order valence-corrected chi connectivity index (χ1v) is 12.5. The molecule has 8 nitrogen and oxygen atoms in total. The van der Waals surface area contributed by atoms with Crippen LogP contribution in [0.5, 0.6) is 0 Å². The van der Waals surface area contributed by atoms with Crippen molar-refractivity contribution in [2.24, 2.45) is 0 Å². The van der Waals surface area contributed by atoms with Crippen molar-refractivity contribution in [1.29, 1.82) is 0 Å². The Morgan fingerprint density at radius 3 is 2.68 bits per heavy atom. The van der Waals surface area contributed by atoms with E-state index in [1.165, 1.54) is 22.5 Å². The summed E-state index contributed by atoms with van der Waals surface area (Å²) in [4.78, 5) is 12.9. The lowest BCUT2D eigenvalue weighted by molar-refractivity contribution is -0.120. The number of sulfonamides is 1. The minimum atomic E-state index is -3.87. The van der Waals surface area contributed by atoms with E-state index in [4.69, 9.17) is 39.2 Å². The molecule has 0 aliphatic carbocycles. The van der Waals surface area contributed by atoms with E-state index in [2.05, 4.69) is 15.5 Å². The molecule has 3 heterocycles. The van der Waals surface area contributed by atoms with Gasteiger partial charge in [0, 0.05) is 11.6 Å². The van der Waals surface area contributed by atoms with Crippen molar-refractivity contribution in [3.05, 3.63) is 44.7 Å². The van der Waals surface area contributed by atoms with Gasteiger partial charge in [0.25, 0.3) is 15.9 Å². The van der Waals surface area contributed by atoms with Gasteiger partial charge in [0.1, 0.15) is 10.3 Å². The van der Waals surface area contributed by atoms with Gasteiger partial charge >= 0.3 is 6.01 Å². The molecule has 1 amide bonds. The monoisotopic (exact) mass is 520 g/mol. The molecular weight excluding hydrogens is 507 g/mol. The predicted molar refractivity (Wildman–Crippen MR) is 119 cm³/mol. The average Bonchev–Trinajstić information content (AvgIpc) is 3.37. The van der Waals surface area contributed by atoms with Gasteiger partial charge in [-0.05, 0) is 43.2 Å². The van der Waals surface area contributed by atoms with Gasteiger partial charge in [-0.1, -0.05) is 46.3 Å². The molecule has 1 aliphatic rings. The van der Waals surface area contributed by atoms with Crippen LogP contribution in [0.25, 0.3) is 11.5 Å². The molecule has 0 spiro atoms. The van der Waals surface area contributed by atoms with Crippen molar-refractivity contribution in [1.82, 2.24) is 14.5 Å². The summed E-state index contributed by atoms with van der Waals surface area (Å²) in [7, 11) is -3.87. The molecule has 164 valence electrons. The minimum absolute atomic E-state index is 0.0923. The summed E-state index contributed by atoms with van der Waals surface area (Å²) in [5.41, 5.74) is 0.454. The van der Waals surface area contributed by atoms with E-state index in [0.29, 0.717) is 39.2 Å². The highest BCUT2D eigenvalue weighted by Gasteiger charge is 2.38. The number of piperidine rings is 1. The highest BCUT2D eigenvalue weighted by molar-refractivity contribution is 7.91. The van der Waals surface area contributed by atoms with Crippen LogP contribution in [0.1, 0.15) is 19.3 Å². The number of hydrogen-bond donors (Lipinski definition) is 1. The Bertz CT molecular complexity index is 1230. The van der Waals surface area contributed by atoms with Gasteiger partial charge in [0.15, 0.2) is 0 Å². The Balaban J connectivity index is 1.54. The van der Waals surface area contributed by atoms with Crippen LogP contribution in [0, 0.1) is 0 Å². The second-order valence-corrected chi connectivity index (χ2v) is 11.4. The van der Waals surface area contributed by atoms with E-state index in [1.807, 2.05) is 0 Å². The van der Waals surface area contributed by atoms with Crippen LogP contribution >= 0.6 is 46.1 Å². The van der Waals surface area contributed by atoms with Crippen LogP contribution in [0.3, 0.4) is 0 Å².